The van der Waals surface area contributed by atoms with Gasteiger partial charge >= 0.3 is 5.97 Å². The Balaban J connectivity index is 3.07. The molecule has 0 fully saturated rings. The molecule has 4 heteroatoms. The highest BCUT2D eigenvalue weighted by molar-refractivity contribution is 6.30. The molecule has 0 aromatic heterocycles. The molecule has 0 spiro atoms. The molecule has 1 aromatic rings. The molecule has 14 heavy (non-hydrogen) atoms. The lowest BCUT2D eigenvalue weighted by molar-refractivity contribution is -0.144. The standard InChI is InChI=1S/C10H11ClO3/c1-6-5-8(11)3-4-9(6)14-7(2)10(12)13/h3-5,7H,1-2H3,(H,12,13)/i2D2,7D. The second-order valence-corrected chi connectivity index (χ2v) is 3.12. The lowest BCUT2D eigenvalue weighted by atomic mass is 10.2. The van der Waals surface area contributed by atoms with Crippen molar-refractivity contribution in [2.24, 2.45) is 0 Å². The monoisotopic (exact) mass is 217 g/mol. The summed E-state index contributed by atoms with van der Waals surface area (Å²) in [7, 11) is 0. The number of carboxylic acids is 1. The van der Waals surface area contributed by atoms with Crippen LogP contribution in [0.3, 0.4) is 0 Å². The first kappa shape index (κ1) is 7.12. The normalized spacial score (nSPS) is 17.8. The van der Waals surface area contributed by atoms with Crippen molar-refractivity contribution in [3.05, 3.63) is 28.8 Å². The topological polar surface area (TPSA) is 46.5 Å². The number of carboxylic acid groups (broad SMARTS) is 1. The van der Waals surface area contributed by atoms with Gasteiger partial charge in [0.1, 0.15) is 5.75 Å². The number of benzene rings is 1. The van der Waals surface area contributed by atoms with E-state index in [9.17, 15) is 4.79 Å². The Morgan fingerprint density at radius 2 is 2.50 bits per heavy atom. The molecule has 0 amide bonds. The first-order valence-corrected chi connectivity index (χ1v) is 4.18. The zero-order valence-corrected chi connectivity index (χ0v) is 8.21. The van der Waals surface area contributed by atoms with Crippen molar-refractivity contribution in [2.75, 3.05) is 0 Å². The van der Waals surface area contributed by atoms with E-state index in [4.69, 9.17) is 25.6 Å². The van der Waals surface area contributed by atoms with Crippen molar-refractivity contribution in [3.8, 4) is 5.75 Å². The minimum atomic E-state index is -2.65. The maximum atomic E-state index is 10.9. The molecule has 3 nitrogen and oxygen atoms in total. The quantitative estimate of drug-likeness (QED) is 0.846. The van der Waals surface area contributed by atoms with Crippen LogP contribution in [0.1, 0.15) is 16.6 Å². The summed E-state index contributed by atoms with van der Waals surface area (Å²) in [6.45, 7) is -0.345. The lowest BCUT2D eigenvalue weighted by Crippen LogP contribution is -2.23. The van der Waals surface area contributed by atoms with Crippen LogP contribution in [0.5, 0.6) is 5.75 Å². The number of aliphatic carboxylic acids is 1. The van der Waals surface area contributed by atoms with Crippen molar-refractivity contribution in [1.82, 2.24) is 0 Å². The minimum absolute atomic E-state index is 0.122. The highest BCUT2D eigenvalue weighted by Gasteiger charge is 2.13. The van der Waals surface area contributed by atoms with Crippen molar-refractivity contribution in [2.45, 2.75) is 19.9 Å². The molecule has 76 valence electrons. The Morgan fingerprint density at radius 3 is 3.00 bits per heavy atom. The van der Waals surface area contributed by atoms with Crippen LogP contribution in [0.4, 0.5) is 0 Å². The average molecular weight is 218 g/mol. The lowest BCUT2D eigenvalue weighted by Gasteiger charge is -2.12. The summed E-state index contributed by atoms with van der Waals surface area (Å²) in [5.41, 5.74) is 0.538. The SMILES string of the molecule is [2H]C([2H])C([2H])(Oc1ccc(Cl)cc1C)C(=O)O. The Labute approximate surface area is 91.5 Å². The van der Waals surface area contributed by atoms with Crippen LogP contribution in [0.2, 0.25) is 5.02 Å². The Hall–Kier alpha value is -1.22. The predicted molar refractivity (Wildman–Crippen MR) is 53.9 cm³/mol. The van der Waals surface area contributed by atoms with E-state index in [0.717, 1.165) is 0 Å². The third kappa shape index (κ3) is 2.64. The molecule has 0 aliphatic carbocycles. The van der Waals surface area contributed by atoms with Crippen LogP contribution in [0.15, 0.2) is 18.2 Å². The van der Waals surface area contributed by atoms with Crippen molar-refractivity contribution in [3.63, 3.8) is 0 Å². The van der Waals surface area contributed by atoms with E-state index in [1.54, 1.807) is 13.0 Å². The Kier molecular flexibility index (Phi) is 2.20. The number of ether oxygens (including phenoxy) is 1. The fraction of sp³-hybridized carbons (Fsp3) is 0.300. The van der Waals surface area contributed by atoms with Gasteiger partial charge in [-0.3, -0.25) is 0 Å². The van der Waals surface area contributed by atoms with Crippen molar-refractivity contribution < 1.29 is 18.8 Å². The molecule has 1 atom stereocenters. The Bertz CT molecular complexity index is 439. The zero-order chi connectivity index (χ0) is 13.2. The zero-order valence-electron chi connectivity index (χ0n) is 10.5. The first-order valence-electron chi connectivity index (χ1n) is 5.46. The molecule has 1 rings (SSSR count). The number of hydrogen-bond donors (Lipinski definition) is 1. The van der Waals surface area contributed by atoms with E-state index in [1.165, 1.54) is 12.1 Å². The number of rotatable bonds is 3. The van der Waals surface area contributed by atoms with Gasteiger partial charge < -0.3 is 9.84 Å². The summed E-state index contributed by atoms with van der Waals surface area (Å²) < 4.78 is 26.6. The molecule has 1 aromatic carbocycles. The molecule has 0 saturated carbocycles. The molecule has 0 bridgehead atoms. The number of aryl methyl sites for hydroxylation is 1. The second kappa shape index (κ2) is 4.33. The minimum Gasteiger partial charge on any atom is -0.479 e. The Morgan fingerprint density at radius 1 is 1.79 bits per heavy atom. The van der Waals surface area contributed by atoms with Crippen LogP contribution in [0, 0.1) is 6.92 Å². The molecule has 0 aliphatic heterocycles. The summed E-state index contributed by atoms with van der Waals surface area (Å²) in [6, 6.07) is 4.43. The van der Waals surface area contributed by atoms with Crippen LogP contribution < -0.4 is 4.74 Å². The third-order valence-corrected chi connectivity index (χ3v) is 1.80. The summed E-state index contributed by atoms with van der Waals surface area (Å²) in [4.78, 5) is 10.9. The van der Waals surface area contributed by atoms with Crippen LogP contribution in [-0.4, -0.2) is 17.2 Å². The van der Waals surface area contributed by atoms with Crippen molar-refractivity contribution in [1.29, 1.82) is 0 Å². The highest BCUT2D eigenvalue weighted by atomic mass is 35.5. The molecule has 1 unspecified atom stereocenters. The van der Waals surface area contributed by atoms with Gasteiger partial charge in [-0.15, -0.1) is 0 Å². The van der Waals surface area contributed by atoms with Crippen LogP contribution >= 0.6 is 11.6 Å². The molecule has 0 radical (unpaired) electrons. The second-order valence-electron chi connectivity index (χ2n) is 2.68. The smallest absolute Gasteiger partial charge is 0.344 e. The van der Waals surface area contributed by atoms with Gasteiger partial charge in [0, 0.05) is 7.76 Å². The van der Waals surface area contributed by atoms with Gasteiger partial charge in [-0.1, -0.05) is 11.6 Å². The highest BCUT2D eigenvalue weighted by Crippen LogP contribution is 2.22. The molecule has 0 heterocycles. The van der Waals surface area contributed by atoms with Gasteiger partial charge in [-0.05, 0) is 37.6 Å². The maximum absolute atomic E-state index is 10.9. The molecule has 0 saturated heterocycles. The van der Waals surface area contributed by atoms with Gasteiger partial charge in [-0.2, -0.15) is 0 Å². The van der Waals surface area contributed by atoms with Gasteiger partial charge in [0.25, 0.3) is 0 Å². The third-order valence-electron chi connectivity index (χ3n) is 1.57. The molecular weight excluding hydrogens is 204 g/mol. The first-order chi connectivity index (χ1) is 7.77. The summed E-state index contributed by atoms with van der Waals surface area (Å²) >= 11 is 5.72. The fourth-order valence-corrected chi connectivity index (χ4v) is 1.12. The summed E-state index contributed by atoms with van der Waals surface area (Å²) in [5.74, 6) is -1.56. The van der Waals surface area contributed by atoms with E-state index in [-0.39, 0.29) is 5.75 Å². The van der Waals surface area contributed by atoms with Crippen molar-refractivity contribution >= 4 is 17.6 Å². The van der Waals surface area contributed by atoms with Gasteiger partial charge in [0.05, 0.1) is 1.37 Å². The van der Waals surface area contributed by atoms with E-state index >= 15 is 0 Å². The van der Waals surface area contributed by atoms with E-state index in [0.29, 0.717) is 10.6 Å². The van der Waals surface area contributed by atoms with Crippen LogP contribution in [-0.2, 0) is 4.79 Å². The molecule has 0 aliphatic rings. The fourth-order valence-electron chi connectivity index (χ4n) is 0.889. The molecule has 1 N–H and O–H groups in total. The van der Waals surface area contributed by atoms with E-state index in [1.807, 2.05) is 0 Å². The number of carbonyl (C=O) groups is 1. The summed E-state index contributed by atoms with van der Waals surface area (Å²) in [5, 5.41) is 9.28. The molecular formula is C10H11ClO3. The van der Waals surface area contributed by atoms with Gasteiger partial charge in [0.15, 0.2) is 6.08 Å². The predicted octanol–water partition coefficient (Wildman–Crippen LogP) is 2.50. The maximum Gasteiger partial charge on any atom is 0.344 e. The number of halogens is 1. The van der Waals surface area contributed by atoms with E-state index in [2.05, 4.69) is 0 Å². The average Bonchev–Trinajstić information content (AvgIpc) is 2.21. The van der Waals surface area contributed by atoms with E-state index < -0.39 is 18.9 Å². The largest absolute Gasteiger partial charge is 0.479 e. The van der Waals surface area contributed by atoms with Gasteiger partial charge in [-0.25, -0.2) is 4.79 Å². The number of hydrogen-bond acceptors (Lipinski definition) is 2. The summed E-state index contributed by atoms with van der Waals surface area (Å²) in [6.07, 6.45) is -2.65. The van der Waals surface area contributed by atoms with Crippen LogP contribution in [0.25, 0.3) is 0 Å². The van der Waals surface area contributed by atoms with Gasteiger partial charge in [0.2, 0.25) is 0 Å².